The van der Waals surface area contributed by atoms with E-state index >= 15 is 4.57 Å². The van der Waals surface area contributed by atoms with Gasteiger partial charge in [0.1, 0.15) is 0 Å². The molecule has 0 saturated carbocycles. The first-order chi connectivity index (χ1) is 27.2. The molecule has 0 saturated heterocycles. The summed E-state index contributed by atoms with van der Waals surface area (Å²) in [6.45, 7) is 0. The van der Waals surface area contributed by atoms with Gasteiger partial charge in [0.15, 0.2) is 7.14 Å². The van der Waals surface area contributed by atoms with Crippen LogP contribution in [0.25, 0.3) is 71.7 Å². The van der Waals surface area contributed by atoms with Crippen molar-refractivity contribution in [3.63, 3.8) is 0 Å². The summed E-state index contributed by atoms with van der Waals surface area (Å²) in [5.74, 6) is 0. The normalized spacial score (nSPS) is 12.1. The van der Waals surface area contributed by atoms with Gasteiger partial charge in [0.25, 0.3) is 0 Å². The van der Waals surface area contributed by atoms with Crippen molar-refractivity contribution in [2.24, 2.45) is 0 Å². The van der Waals surface area contributed by atoms with Crippen molar-refractivity contribution in [3.05, 3.63) is 206 Å². The molecule has 3 aromatic heterocycles. The number of hydrogen-bond donors (Lipinski definition) is 0. The Morgan fingerprint density at radius 1 is 0.291 bits per heavy atom. The summed E-state index contributed by atoms with van der Waals surface area (Å²) in [7, 11) is -3.20. The van der Waals surface area contributed by atoms with Gasteiger partial charge in [-0.05, 0) is 54.6 Å². The Morgan fingerprint density at radius 3 is 1.13 bits per heavy atom. The summed E-state index contributed by atoms with van der Waals surface area (Å²) < 4.78 is 22.7. The highest BCUT2D eigenvalue weighted by Gasteiger charge is 2.30. The largest absolute Gasteiger partial charge is 0.309 e. The minimum atomic E-state index is -3.20. The molecule has 0 bridgehead atoms. The predicted molar refractivity (Wildman–Crippen MR) is 231 cm³/mol. The third-order valence-electron chi connectivity index (χ3n) is 11.1. The lowest BCUT2D eigenvalue weighted by molar-refractivity contribution is 0.592. The van der Waals surface area contributed by atoms with Gasteiger partial charge in [-0.2, -0.15) is 0 Å². The Hall–Kier alpha value is -6.87. The second-order valence-corrected chi connectivity index (χ2v) is 16.9. The SMILES string of the molecule is O=P(c1ccccc1)(c1ccccc1)c1cccc(-n2c3ccccc3c3c2c2ccccc2n3-c2cccc(-n3c4ccccc4c4ccccc43)c2)c1. The quantitative estimate of drug-likeness (QED) is 0.157. The Morgan fingerprint density at radius 2 is 0.636 bits per heavy atom. The molecule has 11 rings (SSSR count). The van der Waals surface area contributed by atoms with Crippen molar-refractivity contribution in [1.82, 2.24) is 13.7 Å². The fraction of sp³-hybridized carbons (Fsp3) is 0. The predicted octanol–water partition coefficient (Wildman–Crippen LogP) is 11.5. The van der Waals surface area contributed by atoms with Crippen LogP contribution in [0, 0.1) is 0 Å². The zero-order valence-corrected chi connectivity index (χ0v) is 30.7. The summed E-state index contributed by atoms with van der Waals surface area (Å²) in [5.41, 5.74) is 10.00. The van der Waals surface area contributed by atoms with Gasteiger partial charge in [0.2, 0.25) is 0 Å². The van der Waals surface area contributed by atoms with E-state index < -0.39 is 7.14 Å². The van der Waals surface area contributed by atoms with E-state index in [1.165, 1.54) is 21.8 Å². The first-order valence-electron chi connectivity index (χ1n) is 18.6. The molecule has 0 spiro atoms. The van der Waals surface area contributed by atoms with Crippen LogP contribution in [0.15, 0.2) is 206 Å². The van der Waals surface area contributed by atoms with Crippen LogP contribution in [-0.4, -0.2) is 13.7 Å². The van der Waals surface area contributed by atoms with Crippen LogP contribution in [0.1, 0.15) is 0 Å². The van der Waals surface area contributed by atoms with Crippen LogP contribution < -0.4 is 15.9 Å². The highest BCUT2D eigenvalue weighted by Crippen LogP contribution is 2.45. The fourth-order valence-corrected chi connectivity index (χ4v) is 11.4. The molecular formula is C50H34N3OP. The van der Waals surface area contributed by atoms with Gasteiger partial charge in [0.05, 0.1) is 33.1 Å². The van der Waals surface area contributed by atoms with E-state index in [-0.39, 0.29) is 0 Å². The van der Waals surface area contributed by atoms with Crippen molar-refractivity contribution in [3.8, 4) is 17.1 Å². The molecule has 0 fully saturated rings. The molecule has 11 aromatic rings. The van der Waals surface area contributed by atoms with Gasteiger partial charge in [-0.15, -0.1) is 0 Å². The smallest absolute Gasteiger partial charge is 0.171 e. The molecule has 260 valence electrons. The molecule has 0 unspecified atom stereocenters. The molecule has 0 atom stereocenters. The molecule has 0 N–H and O–H groups in total. The number of aromatic nitrogens is 3. The van der Waals surface area contributed by atoms with Crippen molar-refractivity contribution in [2.75, 3.05) is 0 Å². The summed E-state index contributed by atoms with van der Waals surface area (Å²) in [6.07, 6.45) is 0. The number of para-hydroxylation sites is 4. The first kappa shape index (κ1) is 31.6. The number of benzene rings is 8. The fourth-order valence-electron chi connectivity index (χ4n) is 8.75. The Bertz CT molecular complexity index is 3200. The van der Waals surface area contributed by atoms with Crippen LogP contribution >= 0.6 is 7.14 Å². The number of fused-ring (bicyclic) bond motifs is 8. The van der Waals surface area contributed by atoms with Crippen molar-refractivity contribution < 1.29 is 4.57 Å². The highest BCUT2D eigenvalue weighted by molar-refractivity contribution is 7.85. The summed E-state index contributed by atoms with van der Waals surface area (Å²) in [6, 6.07) is 71.7. The average molecular weight is 724 g/mol. The number of rotatable bonds is 6. The first-order valence-corrected chi connectivity index (χ1v) is 20.3. The van der Waals surface area contributed by atoms with Gasteiger partial charge in [0, 0.05) is 54.5 Å². The number of nitrogens with zero attached hydrogens (tertiary/aromatic N) is 3. The van der Waals surface area contributed by atoms with Crippen molar-refractivity contribution in [1.29, 1.82) is 0 Å². The summed E-state index contributed by atoms with van der Waals surface area (Å²) in [5, 5.41) is 7.22. The van der Waals surface area contributed by atoms with E-state index in [9.17, 15) is 0 Å². The molecule has 0 aliphatic rings. The Kier molecular flexibility index (Phi) is 7.10. The molecule has 5 heteroatoms. The second-order valence-electron chi connectivity index (χ2n) is 14.1. The number of hydrogen-bond acceptors (Lipinski definition) is 1. The molecular weight excluding hydrogens is 690 g/mol. The third-order valence-corrected chi connectivity index (χ3v) is 14.1. The zero-order chi connectivity index (χ0) is 36.5. The molecule has 55 heavy (non-hydrogen) atoms. The highest BCUT2D eigenvalue weighted by atomic mass is 31.2. The van der Waals surface area contributed by atoms with Crippen LogP contribution in [0.3, 0.4) is 0 Å². The maximum Gasteiger partial charge on any atom is 0.171 e. The maximum atomic E-state index is 15.5. The van der Waals surface area contributed by atoms with Gasteiger partial charge in [-0.25, -0.2) is 0 Å². The minimum absolute atomic E-state index is 0.802. The second kappa shape index (κ2) is 12.3. The minimum Gasteiger partial charge on any atom is -0.309 e. The van der Waals surface area contributed by atoms with Crippen molar-refractivity contribution in [2.45, 2.75) is 0 Å². The van der Waals surface area contributed by atoms with Gasteiger partial charge in [-0.3, -0.25) is 0 Å². The lowest BCUT2D eigenvalue weighted by atomic mass is 10.2. The average Bonchev–Trinajstić information content (AvgIpc) is 3.90. The zero-order valence-electron chi connectivity index (χ0n) is 29.8. The van der Waals surface area contributed by atoms with E-state index in [0.29, 0.717) is 0 Å². The van der Waals surface area contributed by atoms with E-state index in [0.717, 1.165) is 65.8 Å². The molecule has 8 aromatic carbocycles. The summed E-state index contributed by atoms with van der Waals surface area (Å²) >= 11 is 0. The molecule has 0 aliphatic heterocycles. The Labute approximate surface area is 318 Å². The van der Waals surface area contributed by atoms with Gasteiger partial charge < -0.3 is 18.3 Å². The Balaban J connectivity index is 1.18. The van der Waals surface area contributed by atoms with Crippen molar-refractivity contribution >= 4 is 77.7 Å². The molecule has 4 nitrogen and oxygen atoms in total. The topological polar surface area (TPSA) is 31.9 Å². The third kappa shape index (κ3) is 4.69. The van der Waals surface area contributed by atoms with E-state index in [1.54, 1.807) is 0 Å². The van der Waals surface area contributed by atoms with Crippen LogP contribution in [-0.2, 0) is 4.57 Å². The van der Waals surface area contributed by atoms with Crippen LogP contribution in [0.4, 0.5) is 0 Å². The van der Waals surface area contributed by atoms with Gasteiger partial charge in [-0.1, -0.05) is 152 Å². The lowest BCUT2D eigenvalue weighted by Crippen LogP contribution is -2.25. The van der Waals surface area contributed by atoms with Gasteiger partial charge >= 0.3 is 0 Å². The monoisotopic (exact) mass is 723 g/mol. The van der Waals surface area contributed by atoms with Crippen LogP contribution in [0.2, 0.25) is 0 Å². The molecule has 0 aliphatic carbocycles. The molecule has 0 amide bonds. The van der Waals surface area contributed by atoms with Crippen LogP contribution in [0.5, 0.6) is 0 Å². The summed E-state index contributed by atoms with van der Waals surface area (Å²) in [4.78, 5) is 0. The van der Waals surface area contributed by atoms with E-state index in [1.807, 2.05) is 66.7 Å². The van der Waals surface area contributed by atoms with E-state index in [2.05, 4.69) is 153 Å². The maximum absolute atomic E-state index is 15.5. The lowest BCUT2D eigenvalue weighted by Gasteiger charge is -2.21. The molecule has 0 radical (unpaired) electrons. The van der Waals surface area contributed by atoms with E-state index in [4.69, 9.17) is 0 Å². The standard InChI is InChI=1S/C50H34N3OP/c54-55(38-20-3-1-4-21-38,39-22-5-2-6-23-39)40-24-16-19-37(34-40)53-48-32-14-10-28-44(48)49-50(53)43-27-9-13-31-47(43)52(49)36-18-15-17-35(33-36)51-45-29-11-7-25-41(45)42-26-8-12-30-46(42)51/h1-34H. The molecule has 3 heterocycles.